The Morgan fingerprint density at radius 1 is 1.00 bits per heavy atom. The third-order valence-electron chi connectivity index (χ3n) is 5.66. The molecule has 0 spiro atoms. The minimum Gasteiger partial charge on any atom is -0.348 e. The fourth-order valence-electron chi connectivity index (χ4n) is 3.98. The van der Waals surface area contributed by atoms with Gasteiger partial charge in [-0.3, -0.25) is 9.59 Å². The number of hydrogen-bond acceptors (Lipinski definition) is 4. The minimum atomic E-state index is -0.194. The molecular formula is C28H29N3O2S. The van der Waals surface area contributed by atoms with E-state index in [9.17, 15) is 9.59 Å². The number of imidazole rings is 1. The molecule has 174 valence electrons. The number of hydrogen-bond donors (Lipinski definition) is 2. The molecule has 0 aliphatic rings. The van der Waals surface area contributed by atoms with Crippen molar-refractivity contribution in [3.05, 3.63) is 101 Å². The Hall–Kier alpha value is -3.38. The zero-order valence-electron chi connectivity index (χ0n) is 19.5. The smallest absolute Gasteiger partial charge is 0.251 e. The predicted molar refractivity (Wildman–Crippen MR) is 139 cm³/mol. The lowest BCUT2D eigenvalue weighted by atomic mass is 10.1. The van der Waals surface area contributed by atoms with Crippen molar-refractivity contribution in [1.82, 2.24) is 15.3 Å². The fourth-order valence-corrected chi connectivity index (χ4v) is 4.84. The third-order valence-corrected chi connectivity index (χ3v) is 6.73. The number of fused-ring (bicyclic) bond motifs is 1. The second kappa shape index (κ2) is 11.2. The van der Waals surface area contributed by atoms with Crippen molar-refractivity contribution >= 4 is 33.8 Å². The standard InChI is InChI=1S/C28H29N3O2S/c1-3-10-25-30-24-17-22(15-19(2)26(24)31-25)27(32)29-23(16-20-11-6-4-7-12-20)18-34-28(33)21-13-8-5-9-14-21/h4-9,11-15,17,23H,3,10,16,18H2,1-2H3,(H,29,32)(H,30,31)/t23-/m1/s1. The van der Waals surface area contributed by atoms with Crippen LogP contribution in [-0.4, -0.2) is 32.8 Å². The van der Waals surface area contributed by atoms with E-state index >= 15 is 0 Å². The van der Waals surface area contributed by atoms with E-state index < -0.39 is 0 Å². The molecule has 1 aromatic heterocycles. The maximum atomic E-state index is 13.2. The van der Waals surface area contributed by atoms with Crippen LogP contribution in [0.1, 0.15) is 51.0 Å². The van der Waals surface area contributed by atoms with Crippen molar-refractivity contribution in [2.24, 2.45) is 0 Å². The molecule has 0 aliphatic carbocycles. The van der Waals surface area contributed by atoms with Gasteiger partial charge in [0.2, 0.25) is 5.12 Å². The molecule has 0 saturated carbocycles. The lowest BCUT2D eigenvalue weighted by Crippen LogP contribution is -2.38. The fraction of sp³-hybridized carbons (Fsp3) is 0.250. The van der Waals surface area contributed by atoms with Crippen LogP contribution in [0.2, 0.25) is 0 Å². The summed E-state index contributed by atoms with van der Waals surface area (Å²) in [7, 11) is 0. The molecule has 4 rings (SSSR count). The van der Waals surface area contributed by atoms with Crippen LogP contribution in [0.3, 0.4) is 0 Å². The van der Waals surface area contributed by atoms with Gasteiger partial charge in [-0.15, -0.1) is 0 Å². The van der Waals surface area contributed by atoms with Gasteiger partial charge in [0.1, 0.15) is 5.82 Å². The number of benzene rings is 3. The van der Waals surface area contributed by atoms with E-state index in [2.05, 4.69) is 22.2 Å². The van der Waals surface area contributed by atoms with E-state index in [1.165, 1.54) is 11.8 Å². The normalized spacial score (nSPS) is 11.9. The van der Waals surface area contributed by atoms with Crippen LogP contribution >= 0.6 is 11.8 Å². The molecular weight excluding hydrogens is 442 g/mol. The molecule has 1 amide bonds. The molecule has 0 aliphatic heterocycles. The highest BCUT2D eigenvalue weighted by Gasteiger charge is 2.19. The summed E-state index contributed by atoms with van der Waals surface area (Å²) in [5, 5.41) is 3.17. The molecule has 0 fully saturated rings. The number of H-pyrrole nitrogens is 1. The molecule has 1 heterocycles. The Labute approximate surface area is 204 Å². The zero-order valence-corrected chi connectivity index (χ0v) is 20.3. The summed E-state index contributed by atoms with van der Waals surface area (Å²) < 4.78 is 0. The first-order valence-corrected chi connectivity index (χ1v) is 12.6. The van der Waals surface area contributed by atoms with Gasteiger partial charge in [0.05, 0.1) is 11.0 Å². The topological polar surface area (TPSA) is 74.8 Å². The number of aromatic nitrogens is 2. The SMILES string of the molecule is CCCc1nc2c(C)cc(C(=O)N[C@@H](CSC(=O)c3ccccc3)Cc3ccccc3)cc2[nH]1. The van der Waals surface area contributed by atoms with Crippen LogP contribution in [0.25, 0.3) is 11.0 Å². The number of rotatable bonds is 9. The van der Waals surface area contributed by atoms with E-state index in [-0.39, 0.29) is 17.1 Å². The van der Waals surface area contributed by atoms with Gasteiger partial charge in [0.25, 0.3) is 5.91 Å². The van der Waals surface area contributed by atoms with Crippen molar-refractivity contribution in [1.29, 1.82) is 0 Å². The number of carbonyl (C=O) groups excluding carboxylic acids is 2. The Morgan fingerprint density at radius 3 is 2.41 bits per heavy atom. The number of nitrogens with zero attached hydrogens (tertiary/aromatic N) is 1. The number of thioether (sulfide) groups is 1. The molecule has 0 radical (unpaired) electrons. The number of carbonyl (C=O) groups is 2. The van der Waals surface area contributed by atoms with Gasteiger partial charge in [-0.2, -0.15) is 0 Å². The number of aromatic amines is 1. The van der Waals surface area contributed by atoms with E-state index in [4.69, 9.17) is 0 Å². The zero-order chi connectivity index (χ0) is 23.9. The average molecular weight is 472 g/mol. The Morgan fingerprint density at radius 2 is 1.71 bits per heavy atom. The quantitative estimate of drug-likeness (QED) is 0.326. The molecule has 34 heavy (non-hydrogen) atoms. The van der Waals surface area contributed by atoms with Gasteiger partial charge in [-0.05, 0) is 43.0 Å². The highest BCUT2D eigenvalue weighted by molar-refractivity contribution is 8.14. The first-order valence-electron chi connectivity index (χ1n) is 11.6. The van der Waals surface area contributed by atoms with E-state index in [1.807, 2.05) is 79.7 Å². The highest BCUT2D eigenvalue weighted by atomic mass is 32.2. The molecule has 0 unspecified atom stereocenters. The van der Waals surface area contributed by atoms with Gasteiger partial charge >= 0.3 is 0 Å². The summed E-state index contributed by atoms with van der Waals surface area (Å²) in [5.41, 5.74) is 5.13. The molecule has 2 N–H and O–H groups in total. The second-order valence-electron chi connectivity index (χ2n) is 8.45. The Kier molecular flexibility index (Phi) is 7.80. The maximum Gasteiger partial charge on any atom is 0.251 e. The number of amides is 1. The largest absolute Gasteiger partial charge is 0.348 e. The van der Waals surface area contributed by atoms with Gasteiger partial charge < -0.3 is 10.3 Å². The van der Waals surface area contributed by atoms with Gasteiger partial charge in [0, 0.05) is 29.3 Å². The summed E-state index contributed by atoms with van der Waals surface area (Å²) in [6, 6.07) is 22.8. The Balaban J connectivity index is 1.51. The van der Waals surface area contributed by atoms with Crippen molar-refractivity contribution in [3.8, 4) is 0 Å². The molecule has 1 atom stereocenters. The number of nitrogens with one attached hydrogen (secondary N) is 2. The van der Waals surface area contributed by atoms with Crippen LogP contribution < -0.4 is 5.32 Å². The van der Waals surface area contributed by atoms with Crippen molar-refractivity contribution < 1.29 is 9.59 Å². The van der Waals surface area contributed by atoms with Crippen molar-refractivity contribution in [3.63, 3.8) is 0 Å². The monoisotopic (exact) mass is 471 g/mol. The van der Waals surface area contributed by atoms with Crippen LogP contribution in [0, 0.1) is 6.92 Å². The lowest BCUT2D eigenvalue weighted by molar-refractivity contribution is 0.0939. The van der Waals surface area contributed by atoms with Crippen LogP contribution in [0.15, 0.2) is 72.8 Å². The summed E-state index contributed by atoms with van der Waals surface area (Å²) in [5.74, 6) is 1.28. The summed E-state index contributed by atoms with van der Waals surface area (Å²) in [4.78, 5) is 33.9. The summed E-state index contributed by atoms with van der Waals surface area (Å²) in [6.07, 6.45) is 2.53. The van der Waals surface area contributed by atoms with Crippen molar-refractivity contribution in [2.75, 3.05) is 5.75 Å². The number of aryl methyl sites for hydroxylation is 2. The molecule has 0 bridgehead atoms. The second-order valence-corrected chi connectivity index (χ2v) is 9.44. The lowest BCUT2D eigenvalue weighted by Gasteiger charge is -2.19. The molecule has 6 heteroatoms. The highest BCUT2D eigenvalue weighted by Crippen LogP contribution is 2.21. The minimum absolute atomic E-state index is 0.00564. The van der Waals surface area contributed by atoms with Crippen LogP contribution in [0.4, 0.5) is 0 Å². The van der Waals surface area contributed by atoms with Crippen LogP contribution in [-0.2, 0) is 12.8 Å². The first kappa shape index (κ1) is 23.8. The average Bonchev–Trinajstić information content (AvgIpc) is 3.27. The molecule has 3 aromatic carbocycles. The van der Waals surface area contributed by atoms with E-state index in [1.54, 1.807) is 0 Å². The summed E-state index contributed by atoms with van der Waals surface area (Å²) >= 11 is 1.24. The van der Waals surface area contributed by atoms with Crippen LogP contribution in [0.5, 0.6) is 0 Å². The third kappa shape index (κ3) is 5.94. The van der Waals surface area contributed by atoms with E-state index in [0.29, 0.717) is 23.3 Å². The summed E-state index contributed by atoms with van der Waals surface area (Å²) in [6.45, 7) is 4.10. The van der Waals surface area contributed by atoms with Gasteiger partial charge in [-0.25, -0.2) is 4.98 Å². The van der Waals surface area contributed by atoms with Gasteiger partial charge in [0.15, 0.2) is 0 Å². The Bertz CT molecular complexity index is 1270. The maximum absolute atomic E-state index is 13.2. The molecule has 5 nitrogen and oxygen atoms in total. The first-order chi connectivity index (χ1) is 16.5. The van der Waals surface area contributed by atoms with Gasteiger partial charge in [-0.1, -0.05) is 79.3 Å². The molecule has 4 aromatic rings. The van der Waals surface area contributed by atoms with E-state index in [0.717, 1.165) is 40.8 Å². The molecule has 0 saturated heterocycles. The van der Waals surface area contributed by atoms with Crippen molar-refractivity contribution in [2.45, 2.75) is 39.2 Å². The predicted octanol–water partition coefficient (Wildman–Crippen LogP) is 5.74.